The van der Waals surface area contributed by atoms with Crippen LogP contribution in [0.4, 0.5) is 0 Å². The Balaban J connectivity index is 2.39. The van der Waals surface area contributed by atoms with Crippen molar-refractivity contribution in [2.45, 2.75) is 13.0 Å². The van der Waals surface area contributed by atoms with E-state index < -0.39 is 5.97 Å². The Hall–Kier alpha value is -0.650. The number of carboxylic acids is 1. The molecule has 0 amide bonds. The molecule has 1 rings (SSSR count). The molecule has 1 aromatic heterocycles. The number of carboxylic acid groups (broad SMARTS) is 1. The second-order valence-corrected chi connectivity index (χ2v) is 5.43. The fourth-order valence-electron chi connectivity index (χ4n) is 1.08. The molecule has 15 heavy (non-hydrogen) atoms. The first-order valence-corrected chi connectivity index (χ1v) is 6.02. The average Bonchev–Trinajstić information content (AvgIpc) is 2.50. The van der Waals surface area contributed by atoms with Gasteiger partial charge in [-0.3, -0.25) is 4.79 Å². The monoisotopic (exact) mass is 289 g/mol. The van der Waals surface area contributed by atoms with E-state index in [1.165, 1.54) is 11.3 Å². The van der Waals surface area contributed by atoms with Crippen LogP contribution in [0.1, 0.15) is 9.75 Å². The van der Waals surface area contributed by atoms with Gasteiger partial charge in [-0.25, -0.2) is 0 Å². The highest BCUT2D eigenvalue weighted by molar-refractivity contribution is 9.11. The molecule has 0 aliphatic heterocycles. The van der Waals surface area contributed by atoms with E-state index >= 15 is 0 Å². The largest absolute Gasteiger partial charge is 0.481 e. The number of halogens is 1. The zero-order chi connectivity index (χ0) is 11.3. The molecule has 2 N–H and O–H groups in total. The van der Waals surface area contributed by atoms with Crippen LogP contribution in [0.5, 0.6) is 0 Å². The van der Waals surface area contributed by atoms with E-state index in [2.05, 4.69) is 27.8 Å². The zero-order valence-corrected chi connectivity index (χ0v) is 10.5. The van der Waals surface area contributed by atoms with Gasteiger partial charge in [0.15, 0.2) is 0 Å². The lowest BCUT2D eigenvalue weighted by atomic mass is 10.3. The zero-order valence-electron chi connectivity index (χ0n) is 8.12. The molecule has 0 bridgehead atoms. The summed E-state index contributed by atoms with van der Waals surface area (Å²) in [5.74, 6) is -0.787. The van der Waals surface area contributed by atoms with E-state index in [1.54, 1.807) is 0 Å². The highest BCUT2D eigenvalue weighted by Gasteiger charge is 2.04. The van der Waals surface area contributed by atoms with Crippen LogP contribution in [0.2, 0.25) is 0 Å². The number of nitrogens with one attached hydrogen (secondary N) is 1. The van der Waals surface area contributed by atoms with Gasteiger partial charge in [-0.05, 0) is 12.1 Å². The van der Waals surface area contributed by atoms with E-state index in [9.17, 15) is 4.79 Å². The van der Waals surface area contributed by atoms with Gasteiger partial charge in [-0.15, -0.1) is 11.3 Å². The minimum atomic E-state index is -0.787. The predicted molar refractivity (Wildman–Crippen MR) is 65.4 cm³/mol. The molecule has 0 aliphatic rings. The number of thiophene rings is 1. The minimum absolute atomic E-state index is 0.107. The fraction of sp³-hybridized carbons (Fsp3) is 0.300. The maximum absolute atomic E-state index is 10.5. The summed E-state index contributed by atoms with van der Waals surface area (Å²) in [6.45, 7) is 5.17. The molecule has 5 heteroatoms. The van der Waals surface area contributed by atoms with Crippen LogP contribution in [-0.2, 0) is 17.8 Å². The molecular weight excluding hydrogens is 278 g/mol. The number of carbonyl (C=O) groups is 1. The van der Waals surface area contributed by atoms with Gasteiger partial charge in [0.05, 0.1) is 6.42 Å². The van der Waals surface area contributed by atoms with Gasteiger partial charge in [0.1, 0.15) is 0 Å². The van der Waals surface area contributed by atoms with Crippen LogP contribution in [-0.4, -0.2) is 17.6 Å². The van der Waals surface area contributed by atoms with Crippen molar-refractivity contribution in [3.05, 3.63) is 32.9 Å². The molecule has 3 nitrogen and oxygen atoms in total. The molecule has 0 unspecified atom stereocenters. The molecule has 0 fully saturated rings. The fourth-order valence-corrected chi connectivity index (χ4v) is 2.26. The lowest BCUT2D eigenvalue weighted by molar-refractivity contribution is -0.136. The van der Waals surface area contributed by atoms with E-state index in [4.69, 9.17) is 5.11 Å². The summed E-state index contributed by atoms with van der Waals surface area (Å²) in [5, 5.41) is 11.8. The third-order valence-corrected chi connectivity index (χ3v) is 3.02. The van der Waals surface area contributed by atoms with Crippen LogP contribution in [0.3, 0.4) is 0 Å². The van der Waals surface area contributed by atoms with E-state index in [1.807, 2.05) is 12.1 Å². The lowest BCUT2D eigenvalue weighted by Crippen LogP contribution is -2.13. The normalized spacial score (nSPS) is 10.2. The van der Waals surface area contributed by atoms with Crippen molar-refractivity contribution in [2.75, 3.05) is 6.54 Å². The van der Waals surface area contributed by atoms with Crippen molar-refractivity contribution in [1.82, 2.24) is 5.32 Å². The first-order chi connectivity index (χ1) is 7.08. The topological polar surface area (TPSA) is 49.3 Å². The summed E-state index contributed by atoms with van der Waals surface area (Å²) in [6, 6.07) is 3.81. The maximum Gasteiger partial charge on any atom is 0.308 e. The van der Waals surface area contributed by atoms with Crippen LogP contribution in [0.15, 0.2) is 23.2 Å². The number of rotatable bonds is 6. The summed E-state index contributed by atoms with van der Waals surface area (Å²) < 4.78 is 0.907. The van der Waals surface area contributed by atoms with Crippen molar-refractivity contribution >= 4 is 33.2 Å². The molecule has 1 heterocycles. The van der Waals surface area contributed by atoms with Gasteiger partial charge in [0.25, 0.3) is 0 Å². The Kier molecular flexibility index (Phi) is 5.01. The maximum atomic E-state index is 10.5. The number of hydrogen-bond acceptors (Lipinski definition) is 3. The van der Waals surface area contributed by atoms with Gasteiger partial charge in [0, 0.05) is 27.3 Å². The molecule has 1 aromatic rings. The Morgan fingerprint density at radius 2 is 2.20 bits per heavy atom. The SMILES string of the molecule is C=C(Br)CNCc1ccc(CC(=O)O)s1. The van der Waals surface area contributed by atoms with E-state index in [0.29, 0.717) is 6.54 Å². The average molecular weight is 290 g/mol. The summed E-state index contributed by atoms with van der Waals surface area (Å²) in [6.07, 6.45) is 0.107. The van der Waals surface area contributed by atoms with Crippen molar-refractivity contribution < 1.29 is 9.90 Å². The molecule has 0 aromatic carbocycles. The molecule has 82 valence electrons. The highest BCUT2D eigenvalue weighted by atomic mass is 79.9. The molecule has 0 atom stereocenters. The number of hydrogen-bond donors (Lipinski definition) is 2. The van der Waals surface area contributed by atoms with Crippen molar-refractivity contribution in [3.63, 3.8) is 0 Å². The van der Waals surface area contributed by atoms with Gasteiger partial charge < -0.3 is 10.4 Å². The third-order valence-electron chi connectivity index (χ3n) is 1.66. The van der Waals surface area contributed by atoms with E-state index in [-0.39, 0.29) is 6.42 Å². The van der Waals surface area contributed by atoms with Crippen LogP contribution in [0, 0.1) is 0 Å². The molecular formula is C10H12BrNO2S. The standard InChI is InChI=1S/C10H12BrNO2S/c1-7(11)5-12-6-9-3-2-8(15-9)4-10(13)14/h2-3,12H,1,4-6H2,(H,13,14). The summed E-state index contributed by atoms with van der Waals surface area (Å²) in [4.78, 5) is 12.5. The summed E-state index contributed by atoms with van der Waals surface area (Å²) >= 11 is 4.78. The first kappa shape index (κ1) is 12.4. The smallest absolute Gasteiger partial charge is 0.308 e. The van der Waals surface area contributed by atoms with Gasteiger partial charge in [-0.1, -0.05) is 22.5 Å². The quantitative estimate of drug-likeness (QED) is 0.845. The molecule has 0 radical (unpaired) electrons. The second-order valence-electron chi connectivity index (χ2n) is 3.06. The minimum Gasteiger partial charge on any atom is -0.481 e. The van der Waals surface area contributed by atoms with Crippen molar-refractivity contribution in [3.8, 4) is 0 Å². The molecule has 0 spiro atoms. The Morgan fingerprint density at radius 3 is 2.80 bits per heavy atom. The molecule has 0 saturated carbocycles. The Morgan fingerprint density at radius 1 is 1.53 bits per heavy atom. The Labute approximate surface area is 101 Å². The molecule has 0 saturated heterocycles. The van der Waals surface area contributed by atoms with Crippen LogP contribution in [0.25, 0.3) is 0 Å². The predicted octanol–water partition coefficient (Wildman–Crippen LogP) is 2.37. The van der Waals surface area contributed by atoms with Crippen LogP contribution < -0.4 is 5.32 Å². The molecule has 0 aliphatic carbocycles. The Bertz CT molecular complexity index is 362. The summed E-state index contributed by atoms with van der Waals surface area (Å²) in [7, 11) is 0. The van der Waals surface area contributed by atoms with Crippen molar-refractivity contribution in [1.29, 1.82) is 0 Å². The lowest BCUT2D eigenvalue weighted by Gasteiger charge is -1.99. The number of aliphatic carboxylic acids is 1. The second kappa shape index (κ2) is 6.05. The van der Waals surface area contributed by atoms with Gasteiger partial charge in [-0.2, -0.15) is 0 Å². The summed E-state index contributed by atoms with van der Waals surface area (Å²) in [5.41, 5.74) is 0. The highest BCUT2D eigenvalue weighted by Crippen LogP contribution is 2.16. The van der Waals surface area contributed by atoms with Crippen LogP contribution >= 0.6 is 27.3 Å². The first-order valence-electron chi connectivity index (χ1n) is 4.41. The third kappa shape index (κ3) is 5.11. The van der Waals surface area contributed by atoms with Gasteiger partial charge in [0.2, 0.25) is 0 Å². The van der Waals surface area contributed by atoms with E-state index in [0.717, 1.165) is 20.8 Å². The van der Waals surface area contributed by atoms with Gasteiger partial charge >= 0.3 is 5.97 Å². The van der Waals surface area contributed by atoms with Crippen molar-refractivity contribution in [2.24, 2.45) is 0 Å².